The fourth-order valence-electron chi connectivity index (χ4n) is 1.86. The molecule has 3 N–H and O–H groups in total. The molecule has 0 aliphatic carbocycles. The molecule has 3 aromatic rings. The van der Waals surface area contributed by atoms with Gasteiger partial charge in [0, 0.05) is 0 Å². The lowest BCUT2D eigenvalue weighted by atomic mass is 10.3. The van der Waals surface area contributed by atoms with Crippen molar-refractivity contribution in [2.24, 2.45) is 20.5 Å². The molecule has 0 aliphatic heterocycles. The van der Waals surface area contributed by atoms with Crippen molar-refractivity contribution in [2.45, 2.75) is 0 Å². The second kappa shape index (κ2) is 7.41. The summed E-state index contributed by atoms with van der Waals surface area (Å²) in [5.41, 5.74) is 1.01. The first kappa shape index (κ1) is 16.4. The van der Waals surface area contributed by atoms with Crippen LogP contribution in [0.3, 0.4) is 0 Å². The van der Waals surface area contributed by atoms with Crippen molar-refractivity contribution >= 4 is 35.0 Å². The predicted molar refractivity (Wildman–Crippen MR) is 95.1 cm³/mol. The van der Waals surface area contributed by atoms with Crippen LogP contribution in [-0.4, -0.2) is 15.1 Å². The second-order valence-electron chi connectivity index (χ2n) is 4.86. The van der Waals surface area contributed by atoms with E-state index >= 15 is 0 Å². The lowest BCUT2D eigenvalue weighted by Crippen LogP contribution is -2.06. The number of aromatic amines is 2. The van der Waals surface area contributed by atoms with E-state index in [1.165, 1.54) is 0 Å². The van der Waals surface area contributed by atoms with Crippen LogP contribution >= 0.6 is 12.2 Å². The smallest absolute Gasteiger partial charge is 0.283 e. The van der Waals surface area contributed by atoms with E-state index in [4.69, 9.17) is 12.2 Å². The van der Waals surface area contributed by atoms with Gasteiger partial charge in [-0.2, -0.15) is 15.3 Å². The number of aromatic nitrogens is 2. The van der Waals surface area contributed by atoms with Crippen molar-refractivity contribution in [3.63, 3.8) is 0 Å². The zero-order chi connectivity index (χ0) is 17.6. The number of hydrogen-bond acceptors (Lipinski definition) is 7. The Labute approximate surface area is 146 Å². The summed E-state index contributed by atoms with van der Waals surface area (Å²) in [4.78, 5) is 16.4. The van der Waals surface area contributed by atoms with Gasteiger partial charge >= 0.3 is 0 Å². The fourth-order valence-corrected chi connectivity index (χ4v) is 2.05. The molecule has 124 valence electrons. The predicted octanol–water partition coefficient (Wildman–Crippen LogP) is 4.97. The molecule has 0 atom stereocenters. The SMILES string of the molecule is O=c1[nH]c(=S)[nH]c(O)c1N=Nc1ccc(N=Nc2ccccc2)cc1. The molecule has 0 saturated heterocycles. The number of aromatic hydroxyl groups is 1. The summed E-state index contributed by atoms with van der Waals surface area (Å²) < 4.78 is 0.00887. The van der Waals surface area contributed by atoms with E-state index in [9.17, 15) is 9.90 Å². The summed E-state index contributed by atoms with van der Waals surface area (Å²) >= 11 is 4.74. The van der Waals surface area contributed by atoms with Gasteiger partial charge in [0.1, 0.15) is 0 Å². The molecule has 0 fully saturated rings. The van der Waals surface area contributed by atoms with E-state index in [2.05, 4.69) is 30.4 Å². The number of rotatable bonds is 4. The van der Waals surface area contributed by atoms with Crippen LogP contribution in [0.15, 0.2) is 79.8 Å². The highest BCUT2D eigenvalue weighted by molar-refractivity contribution is 7.71. The molecule has 3 rings (SSSR count). The molecule has 2 aromatic carbocycles. The Bertz CT molecular complexity index is 1040. The average Bonchev–Trinajstić information content (AvgIpc) is 2.61. The number of nitrogens with zero attached hydrogens (tertiary/aromatic N) is 4. The van der Waals surface area contributed by atoms with Crippen LogP contribution in [0.5, 0.6) is 5.88 Å². The van der Waals surface area contributed by atoms with Crippen LogP contribution in [0.4, 0.5) is 22.7 Å². The lowest BCUT2D eigenvalue weighted by molar-refractivity contribution is 0.451. The summed E-state index contributed by atoms with van der Waals surface area (Å²) in [6.07, 6.45) is 0. The highest BCUT2D eigenvalue weighted by atomic mass is 32.1. The van der Waals surface area contributed by atoms with E-state index in [0.717, 1.165) is 5.69 Å². The van der Waals surface area contributed by atoms with Gasteiger partial charge in [-0.05, 0) is 48.6 Å². The first-order valence-corrected chi connectivity index (χ1v) is 7.57. The maximum Gasteiger partial charge on any atom is 0.283 e. The Morgan fingerprint density at radius 1 is 0.760 bits per heavy atom. The Morgan fingerprint density at radius 3 is 1.84 bits per heavy atom. The van der Waals surface area contributed by atoms with Gasteiger partial charge in [-0.15, -0.1) is 5.11 Å². The highest BCUT2D eigenvalue weighted by Gasteiger charge is 2.05. The van der Waals surface area contributed by atoms with Crippen LogP contribution in [0.25, 0.3) is 0 Å². The first-order valence-electron chi connectivity index (χ1n) is 7.16. The molecule has 0 spiro atoms. The minimum Gasteiger partial charge on any atom is -0.493 e. The molecular formula is C16H12N6O2S. The van der Waals surface area contributed by atoms with Gasteiger partial charge < -0.3 is 10.1 Å². The quantitative estimate of drug-likeness (QED) is 0.454. The molecule has 9 heteroatoms. The molecular weight excluding hydrogens is 340 g/mol. The second-order valence-corrected chi connectivity index (χ2v) is 5.27. The normalized spacial score (nSPS) is 11.4. The van der Waals surface area contributed by atoms with Crippen molar-refractivity contribution in [1.82, 2.24) is 9.97 Å². The Hall–Kier alpha value is -3.46. The van der Waals surface area contributed by atoms with Crippen LogP contribution in [0.1, 0.15) is 0 Å². The first-order chi connectivity index (χ1) is 12.1. The van der Waals surface area contributed by atoms with E-state index < -0.39 is 11.4 Å². The number of nitrogens with one attached hydrogen (secondary N) is 2. The van der Waals surface area contributed by atoms with Gasteiger partial charge in [0.2, 0.25) is 11.6 Å². The van der Waals surface area contributed by atoms with Crippen molar-refractivity contribution in [3.8, 4) is 5.88 Å². The molecule has 0 amide bonds. The van der Waals surface area contributed by atoms with Crippen LogP contribution in [0, 0.1) is 4.77 Å². The standard InChI is InChI=1S/C16H12N6O2S/c23-14-13(15(24)18-16(25)17-14)22-21-12-8-6-11(7-9-12)20-19-10-4-2-1-3-5-10/h1-9H,(H3,17,18,23,24,25). The van der Waals surface area contributed by atoms with Gasteiger partial charge in [0.15, 0.2) is 4.77 Å². The molecule has 0 unspecified atom stereocenters. The minimum atomic E-state index is -0.627. The summed E-state index contributed by atoms with van der Waals surface area (Å²) in [5.74, 6) is -0.439. The number of benzene rings is 2. The lowest BCUT2D eigenvalue weighted by Gasteiger charge is -1.97. The highest BCUT2D eigenvalue weighted by Crippen LogP contribution is 2.24. The van der Waals surface area contributed by atoms with Crippen molar-refractivity contribution < 1.29 is 5.11 Å². The summed E-state index contributed by atoms with van der Waals surface area (Å²) in [7, 11) is 0. The average molecular weight is 352 g/mol. The molecule has 25 heavy (non-hydrogen) atoms. The van der Waals surface area contributed by atoms with Gasteiger partial charge in [-0.3, -0.25) is 9.78 Å². The largest absolute Gasteiger partial charge is 0.493 e. The van der Waals surface area contributed by atoms with Crippen molar-refractivity contribution in [3.05, 3.63) is 69.7 Å². The van der Waals surface area contributed by atoms with E-state index in [-0.39, 0.29) is 10.5 Å². The molecule has 8 nitrogen and oxygen atoms in total. The van der Waals surface area contributed by atoms with E-state index in [1.807, 2.05) is 30.3 Å². The van der Waals surface area contributed by atoms with Crippen LogP contribution < -0.4 is 5.56 Å². The third kappa shape index (κ3) is 4.30. The van der Waals surface area contributed by atoms with Crippen LogP contribution in [0.2, 0.25) is 0 Å². The van der Waals surface area contributed by atoms with Crippen LogP contribution in [-0.2, 0) is 0 Å². The molecule has 0 aliphatic rings. The van der Waals surface area contributed by atoms with Crippen molar-refractivity contribution in [1.29, 1.82) is 0 Å². The Kier molecular flexibility index (Phi) is 4.86. The Morgan fingerprint density at radius 2 is 1.28 bits per heavy atom. The molecule has 0 saturated carbocycles. The van der Waals surface area contributed by atoms with Gasteiger partial charge in [0.05, 0.1) is 17.1 Å². The molecule has 1 heterocycles. The summed E-state index contributed by atoms with van der Waals surface area (Å²) in [5, 5.41) is 25.5. The molecule has 1 aromatic heterocycles. The summed E-state index contributed by atoms with van der Waals surface area (Å²) in [6, 6.07) is 16.1. The Balaban J connectivity index is 1.76. The number of hydrogen-bond donors (Lipinski definition) is 3. The number of azo groups is 2. The molecule has 0 radical (unpaired) electrons. The maximum atomic E-state index is 11.7. The monoisotopic (exact) mass is 352 g/mol. The van der Waals surface area contributed by atoms with E-state index in [0.29, 0.717) is 11.4 Å². The van der Waals surface area contributed by atoms with Crippen molar-refractivity contribution in [2.75, 3.05) is 0 Å². The minimum absolute atomic E-state index is 0.00887. The topological polar surface area (TPSA) is 118 Å². The zero-order valence-electron chi connectivity index (χ0n) is 12.7. The number of H-pyrrole nitrogens is 2. The maximum absolute atomic E-state index is 11.7. The zero-order valence-corrected chi connectivity index (χ0v) is 13.6. The molecule has 0 bridgehead atoms. The fraction of sp³-hybridized carbons (Fsp3) is 0. The van der Waals surface area contributed by atoms with E-state index in [1.54, 1.807) is 24.3 Å². The van der Waals surface area contributed by atoms with Gasteiger partial charge in [0.25, 0.3) is 5.56 Å². The van der Waals surface area contributed by atoms with Gasteiger partial charge in [-0.1, -0.05) is 18.2 Å². The third-order valence-corrected chi connectivity index (χ3v) is 3.25. The van der Waals surface area contributed by atoms with Gasteiger partial charge in [-0.25, -0.2) is 0 Å². The summed E-state index contributed by atoms with van der Waals surface area (Å²) in [6.45, 7) is 0. The third-order valence-electron chi connectivity index (χ3n) is 3.05.